The minimum absolute atomic E-state index is 0.190. The first-order valence-electron chi connectivity index (χ1n) is 12.7. The summed E-state index contributed by atoms with van der Waals surface area (Å²) in [7, 11) is 0. The number of aliphatic hydroxyl groups excluding tert-OH is 1. The van der Waals surface area contributed by atoms with Crippen molar-refractivity contribution in [1.29, 1.82) is 0 Å². The molecule has 4 aromatic rings. The van der Waals surface area contributed by atoms with Crippen molar-refractivity contribution in [1.82, 2.24) is 19.9 Å². The van der Waals surface area contributed by atoms with E-state index in [2.05, 4.69) is 27.1 Å². The molecule has 4 N–H and O–H groups in total. The molecule has 5 rings (SSSR count). The van der Waals surface area contributed by atoms with E-state index in [1.165, 1.54) is 0 Å². The van der Waals surface area contributed by atoms with Gasteiger partial charge >= 0.3 is 0 Å². The lowest BCUT2D eigenvalue weighted by atomic mass is 10.1. The first-order valence-corrected chi connectivity index (χ1v) is 13.1. The molecule has 1 aliphatic rings. The lowest BCUT2D eigenvalue weighted by Crippen LogP contribution is -2.44. The summed E-state index contributed by atoms with van der Waals surface area (Å²) in [6.07, 6.45) is 0.758. The number of anilines is 1. The second-order valence-corrected chi connectivity index (χ2v) is 10.0. The van der Waals surface area contributed by atoms with Crippen molar-refractivity contribution in [3.8, 4) is 17.1 Å². The van der Waals surface area contributed by atoms with Gasteiger partial charge in [-0.05, 0) is 49.2 Å². The average Bonchev–Trinajstić information content (AvgIpc) is 3.35. The van der Waals surface area contributed by atoms with E-state index in [9.17, 15) is 9.90 Å². The zero-order valence-corrected chi connectivity index (χ0v) is 22.2. The Morgan fingerprint density at radius 1 is 1.24 bits per heavy atom. The summed E-state index contributed by atoms with van der Waals surface area (Å²) in [5.41, 5.74) is 3.80. The molecule has 0 spiro atoms. The largest absolute Gasteiger partial charge is 0.492 e. The van der Waals surface area contributed by atoms with Gasteiger partial charge in [-0.25, -0.2) is 4.98 Å². The highest BCUT2D eigenvalue weighted by atomic mass is 35.5. The van der Waals surface area contributed by atoms with Crippen molar-refractivity contribution < 1.29 is 14.6 Å². The number of benzene rings is 2. The maximum absolute atomic E-state index is 12.9. The number of nitrogens with zero attached hydrogens (tertiary/aromatic N) is 2. The molecule has 10 heteroatoms. The molecule has 1 aliphatic heterocycles. The van der Waals surface area contributed by atoms with Gasteiger partial charge in [0.2, 0.25) is 0 Å². The number of imidazole rings is 1. The lowest BCUT2D eigenvalue weighted by Gasteiger charge is -2.32. The van der Waals surface area contributed by atoms with Crippen molar-refractivity contribution in [3.05, 3.63) is 75.2 Å². The van der Waals surface area contributed by atoms with Gasteiger partial charge in [0.05, 0.1) is 36.0 Å². The van der Waals surface area contributed by atoms with Crippen molar-refractivity contribution in [3.63, 3.8) is 0 Å². The number of aryl methyl sites for hydroxylation is 1. The first kappa shape index (κ1) is 26.2. The fourth-order valence-electron chi connectivity index (χ4n) is 4.70. The highest BCUT2D eigenvalue weighted by molar-refractivity contribution is 6.30. The van der Waals surface area contributed by atoms with Gasteiger partial charge in [-0.3, -0.25) is 9.69 Å². The van der Waals surface area contributed by atoms with Gasteiger partial charge in [-0.15, -0.1) is 0 Å². The Balaban J connectivity index is 1.35. The van der Waals surface area contributed by atoms with Crippen LogP contribution in [0.15, 0.2) is 53.5 Å². The van der Waals surface area contributed by atoms with E-state index < -0.39 is 6.10 Å². The number of fused-ring (bicyclic) bond motifs is 1. The molecule has 2 aromatic heterocycles. The van der Waals surface area contributed by atoms with Gasteiger partial charge in [-0.1, -0.05) is 23.7 Å². The van der Waals surface area contributed by atoms with Crippen LogP contribution in [-0.4, -0.2) is 70.5 Å². The van der Waals surface area contributed by atoms with Gasteiger partial charge in [0.15, 0.2) is 0 Å². The molecule has 200 valence electrons. The highest BCUT2D eigenvalue weighted by Crippen LogP contribution is 2.29. The monoisotopic (exact) mass is 537 g/mol. The summed E-state index contributed by atoms with van der Waals surface area (Å²) in [5, 5.41) is 14.4. The number of morpholine rings is 1. The van der Waals surface area contributed by atoms with Gasteiger partial charge in [0.1, 0.15) is 23.7 Å². The summed E-state index contributed by atoms with van der Waals surface area (Å²) < 4.78 is 11.6. The van der Waals surface area contributed by atoms with Crippen LogP contribution in [-0.2, 0) is 4.74 Å². The van der Waals surface area contributed by atoms with E-state index in [-0.39, 0.29) is 18.1 Å². The fraction of sp³-hybridized carbons (Fsp3) is 0.357. The Morgan fingerprint density at radius 2 is 2.05 bits per heavy atom. The Labute approximate surface area is 225 Å². The quantitative estimate of drug-likeness (QED) is 0.254. The number of aromatic amines is 2. The topological polar surface area (TPSA) is 115 Å². The summed E-state index contributed by atoms with van der Waals surface area (Å²) in [4.78, 5) is 26.0. The summed E-state index contributed by atoms with van der Waals surface area (Å²) >= 11 is 6.06. The minimum Gasteiger partial charge on any atom is -0.492 e. The molecule has 38 heavy (non-hydrogen) atoms. The van der Waals surface area contributed by atoms with Gasteiger partial charge < -0.3 is 29.9 Å². The molecule has 0 radical (unpaired) electrons. The van der Waals surface area contributed by atoms with Crippen LogP contribution in [0.3, 0.4) is 0 Å². The van der Waals surface area contributed by atoms with E-state index in [1.807, 2.05) is 19.1 Å². The second kappa shape index (κ2) is 11.6. The maximum atomic E-state index is 12.9. The third-order valence-corrected chi connectivity index (χ3v) is 7.06. The first-order chi connectivity index (χ1) is 18.4. The average molecular weight is 538 g/mol. The molecule has 3 heterocycles. The number of hydrogen-bond acceptors (Lipinski definition) is 7. The molecule has 2 atom stereocenters. The van der Waals surface area contributed by atoms with Crippen LogP contribution in [0, 0.1) is 6.92 Å². The molecule has 1 fully saturated rings. The standard InChI is InChI=1S/C28H32ClN5O4/c1-17-12-21(38-16-18(2)34-8-10-37-11-9-34)14-23-26(17)33-27(32-23)25-22(6-7-30-28(25)36)31-15-24(35)19-4-3-5-20(29)13-19/h3-7,12-14,18,24,35H,8-11,15-16H2,1-2H3,(H,32,33)(H2,30,31,36)/t18-,24?/m0/s1. The number of hydrogen-bond donors (Lipinski definition) is 4. The highest BCUT2D eigenvalue weighted by Gasteiger charge is 2.19. The SMILES string of the molecule is Cc1cc(OC[C@H](C)N2CCOCC2)cc2[nH]c(-c3c(NCC(O)c4cccc(Cl)c4)cc[nH]c3=O)nc12. The number of halogens is 1. The predicted octanol–water partition coefficient (Wildman–Crippen LogP) is 4.13. The Hall–Kier alpha value is -3.37. The Bertz CT molecular complexity index is 1460. The number of ether oxygens (including phenoxy) is 2. The second-order valence-electron chi connectivity index (χ2n) is 9.58. The van der Waals surface area contributed by atoms with Crippen LogP contribution >= 0.6 is 11.6 Å². The zero-order chi connectivity index (χ0) is 26.6. The molecule has 2 aromatic carbocycles. The molecule has 0 bridgehead atoms. The molecular weight excluding hydrogens is 506 g/mol. The van der Waals surface area contributed by atoms with Crippen LogP contribution < -0.4 is 15.6 Å². The Kier molecular flexibility index (Phi) is 7.99. The molecule has 0 amide bonds. The molecule has 0 aliphatic carbocycles. The molecule has 1 unspecified atom stereocenters. The number of H-pyrrole nitrogens is 2. The number of aromatic nitrogens is 3. The lowest BCUT2D eigenvalue weighted by molar-refractivity contribution is 0.0105. The van der Waals surface area contributed by atoms with Crippen LogP contribution in [0.1, 0.15) is 24.2 Å². The van der Waals surface area contributed by atoms with Crippen LogP contribution in [0.2, 0.25) is 5.02 Å². The van der Waals surface area contributed by atoms with E-state index >= 15 is 0 Å². The van der Waals surface area contributed by atoms with Crippen molar-refractivity contribution in [2.24, 2.45) is 0 Å². The van der Waals surface area contributed by atoms with Crippen molar-refractivity contribution >= 4 is 28.3 Å². The predicted molar refractivity (Wildman–Crippen MR) is 149 cm³/mol. The summed E-state index contributed by atoms with van der Waals surface area (Å²) in [5.74, 6) is 1.18. The normalized spacial score (nSPS) is 15.9. The fourth-order valence-corrected chi connectivity index (χ4v) is 4.90. The van der Waals surface area contributed by atoms with Crippen molar-refractivity contribution in [2.75, 3.05) is 44.8 Å². The third kappa shape index (κ3) is 5.86. The van der Waals surface area contributed by atoms with Gasteiger partial charge in [-0.2, -0.15) is 0 Å². The molecular formula is C28H32ClN5O4. The summed E-state index contributed by atoms with van der Waals surface area (Å²) in [6.45, 7) is 8.20. The van der Waals surface area contributed by atoms with Gasteiger partial charge in [0.25, 0.3) is 5.56 Å². The van der Waals surface area contributed by atoms with Gasteiger partial charge in [0, 0.05) is 43.0 Å². The third-order valence-electron chi connectivity index (χ3n) is 6.83. The van der Waals surface area contributed by atoms with Crippen molar-refractivity contribution in [2.45, 2.75) is 26.0 Å². The number of pyridine rings is 1. The number of aliphatic hydroxyl groups is 1. The van der Waals surface area contributed by atoms with E-state index in [4.69, 9.17) is 26.1 Å². The number of rotatable bonds is 9. The molecule has 9 nitrogen and oxygen atoms in total. The maximum Gasteiger partial charge on any atom is 0.261 e. The number of nitrogens with one attached hydrogen (secondary N) is 3. The van der Waals surface area contributed by atoms with Crippen LogP contribution in [0.4, 0.5) is 5.69 Å². The smallest absolute Gasteiger partial charge is 0.261 e. The Morgan fingerprint density at radius 3 is 2.84 bits per heavy atom. The molecule has 0 saturated carbocycles. The summed E-state index contributed by atoms with van der Waals surface area (Å²) in [6, 6.07) is 13.0. The van der Waals surface area contributed by atoms with Crippen LogP contribution in [0.5, 0.6) is 5.75 Å². The van der Waals surface area contributed by atoms with E-state index in [1.54, 1.807) is 36.5 Å². The van der Waals surface area contributed by atoms with E-state index in [0.29, 0.717) is 34.3 Å². The van der Waals surface area contributed by atoms with E-state index in [0.717, 1.165) is 48.6 Å². The minimum atomic E-state index is -0.807. The van der Waals surface area contributed by atoms with Crippen LogP contribution in [0.25, 0.3) is 22.4 Å². The molecule has 1 saturated heterocycles. The zero-order valence-electron chi connectivity index (χ0n) is 21.5.